The molecule has 4 nitrogen and oxygen atoms in total. The number of nitrogens with zero attached hydrogens (tertiary/aromatic N) is 3. The van der Waals surface area contributed by atoms with Crippen molar-refractivity contribution in [2.24, 2.45) is 0 Å². The van der Waals surface area contributed by atoms with E-state index in [2.05, 4.69) is 11.1 Å². The molecule has 94 valence electrons. The molecule has 0 aliphatic carbocycles. The van der Waals surface area contributed by atoms with Crippen molar-refractivity contribution in [1.82, 2.24) is 9.55 Å². The summed E-state index contributed by atoms with van der Waals surface area (Å²) in [5.74, 6) is 1.54. The van der Waals surface area contributed by atoms with E-state index < -0.39 is 0 Å². The van der Waals surface area contributed by atoms with E-state index >= 15 is 0 Å². The molecule has 3 rings (SSSR count). The first-order chi connectivity index (χ1) is 9.17. The van der Waals surface area contributed by atoms with Crippen LogP contribution in [-0.4, -0.2) is 9.55 Å². The maximum atomic E-state index is 8.96. The van der Waals surface area contributed by atoms with Gasteiger partial charge in [-0.05, 0) is 37.4 Å². The molecule has 0 amide bonds. The van der Waals surface area contributed by atoms with Crippen molar-refractivity contribution in [3.63, 3.8) is 0 Å². The highest BCUT2D eigenvalue weighted by molar-refractivity contribution is 5.81. The number of hydrogen-bond donors (Lipinski definition) is 0. The quantitative estimate of drug-likeness (QED) is 0.703. The Balaban J connectivity index is 2.03. The second-order valence-corrected chi connectivity index (χ2v) is 4.58. The monoisotopic (exact) mass is 251 g/mol. The molecule has 19 heavy (non-hydrogen) atoms. The molecule has 0 aliphatic heterocycles. The Bertz CT molecular complexity index is 770. The standard InChI is InChI=1S/C15H13N3O/c1-10-11(2)19-15(17-10)9-18-6-5-13-4-3-12(8-16)7-14(13)18/h3-7H,9H2,1-2H3. The summed E-state index contributed by atoms with van der Waals surface area (Å²) in [6, 6.07) is 9.85. The highest BCUT2D eigenvalue weighted by atomic mass is 16.4. The van der Waals surface area contributed by atoms with Crippen molar-refractivity contribution in [2.45, 2.75) is 20.4 Å². The first-order valence-corrected chi connectivity index (χ1v) is 6.09. The second-order valence-electron chi connectivity index (χ2n) is 4.58. The Kier molecular flexibility index (Phi) is 2.60. The summed E-state index contributed by atoms with van der Waals surface area (Å²) < 4.78 is 7.64. The highest BCUT2D eigenvalue weighted by Crippen LogP contribution is 2.19. The predicted octanol–water partition coefficient (Wildman–Crippen LogP) is 3.17. The van der Waals surface area contributed by atoms with Crippen molar-refractivity contribution < 1.29 is 4.42 Å². The number of fused-ring (bicyclic) bond motifs is 1. The van der Waals surface area contributed by atoms with Crippen LogP contribution >= 0.6 is 0 Å². The first kappa shape index (κ1) is 11.5. The summed E-state index contributed by atoms with van der Waals surface area (Å²) in [5, 5.41) is 10.1. The van der Waals surface area contributed by atoms with Crippen LogP contribution in [0.15, 0.2) is 34.9 Å². The van der Waals surface area contributed by atoms with Crippen molar-refractivity contribution in [2.75, 3.05) is 0 Å². The summed E-state index contributed by atoms with van der Waals surface area (Å²) in [4.78, 5) is 4.38. The molecule has 0 aliphatic rings. The lowest BCUT2D eigenvalue weighted by Gasteiger charge is -2.02. The van der Waals surface area contributed by atoms with Crippen LogP contribution in [0.4, 0.5) is 0 Å². The summed E-state index contributed by atoms with van der Waals surface area (Å²) in [5.41, 5.74) is 2.60. The van der Waals surface area contributed by atoms with Gasteiger partial charge >= 0.3 is 0 Å². The van der Waals surface area contributed by atoms with Gasteiger partial charge in [0.1, 0.15) is 5.76 Å². The van der Waals surface area contributed by atoms with E-state index in [1.807, 2.05) is 48.9 Å². The Morgan fingerprint density at radius 3 is 2.84 bits per heavy atom. The van der Waals surface area contributed by atoms with Crippen molar-refractivity contribution in [1.29, 1.82) is 5.26 Å². The molecule has 3 aromatic rings. The van der Waals surface area contributed by atoms with Gasteiger partial charge in [-0.15, -0.1) is 0 Å². The van der Waals surface area contributed by atoms with Crippen molar-refractivity contribution in [3.05, 3.63) is 53.4 Å². The maximum Gasteiger partial charge on any atom is 0.214 e. The normalized spacial score (nSPS) is 10.8. The average molecular weight is 251 g/mol. The van der Waals surface area contributed by atoms with Gasteiger partial charge in [0.05, 0.1) is 23.9 Å². The molecule has 0 bridgehead atoms. The molecular formula is C15H13N3O. The minimum Gasteiger partial charge on any atom is -0.444 e. The SMILES string of the molecule is Cc1nc(Cn2ccc3ccc(C#N)cc32)oc1C. The van der Waals surface area contributed by atoms with Crippen molar-refractivity contribution in [3.8, 4) is 6.07 Å². The first-order valence-electron chi connectivity index (χ1n) is 6.09. The molecule has 0 fully saturated rings. The summed E-state index contributed by atoms with van der Waals surface area (Å²) in [6.07, 6.45) is 1.99. The van der Waals surface area contributed by atoms with Crippen LogP contribution in [0.3, 0.4) is 0 Å². The van der Waals surface area contributed by atoms with Crippen LogP contribution in [0.2, 0.25) is 0 Å². The van der Waals surface area contributed by atoms with Crippen molar-refractivity contribution >= 4 is 10.9 Å². The van der Waals surface area contributed by atoms with Gasteiger partial charge in [0, 0.05) is 11.7 Å². The molecule has 1 aromatic carbocycles. The summed E-state index contributed by atoms with van der Waals surface area (Å²) in [6.45, 7) is 4.42. The molecule has 0 spiro atoms. The minimum atomic E-state index is 0.576. The lowest BCUT2D eigenvalue weighted by molar-refractivity contribution is 0.459. The Morgan fingerprint density at radius 2 is 2.16 bits per heavy atom. The lowest BCUT2D eigenvalue weighted by atomic mass is 10.2. The zero-order chi connectivity index (χ0) is 13.4. The van der Waals surface area contributed by atoms with Gasteiger partial charge in [-0.2, -0.15) is 5.26 Å². The zero-order valence-corrected chi connectivity index (χ0v) is 10.8. The zero-order valence-electron chi connectivity index (χ0n) is 10.8. The van der Waals surface area contributed by atoms with Gasteiger partial charge in [0.2, 0.25) is 5.89 Å². The topological polar surface area (TPSA) is 54.8 Å². The predicted molar refractivity (Wildman–Crippen MR) is 71.7 cm³/mol. The molecule has 0 radical (unpaired) electrons. The van der Waals surface area contributed by atoms with Crippen LogP contribution in [-0.2, 0) is 6.54 Å². The largest absolute Gasteiger partial charge is 0.444 e. The number of aryl methyl sites for hydroxylation is 2. The van der Waals surface area contributed by atoms with E-state index in [-0.39, 0.29) is 0 Å². The van der Waals surface area contributed by atoms with Crippen LogP contribution < -0.4 is 0 Å². The third-order valence-electron chi connectivity index (χ3n) is 3.28. The molecule has 4 heteroatoms. The Morgan fingerprint density at radius 1 is 1.32 bits per heavy atom. The number of oxazole rings is 1. The molecule has 0 atom stereocenters. The molecule has 0 N–H and O–H groups in total. The fraction of sp³-hybridized carbons (Fsp3) is 0.200. The smallest absolute Gasteiger partial charge is 0.214 e. The van der Waals surface area contributed by atoms with Crippen LogP contribution in [0.5, 0.6) is 0 Å². The lowest BCUT2D eigenvalue weighted by Crippen LogP contribution is -1.98. The van der Waals surface area contributed by atoms with E-state index in [1.54, 1.807) is 0 Å². The fourth-order valence-electron chi connectivity index (χ4n) is 2.14. The molecule has 2 aromatic heterocycles. The van der Waals surface area contributed by atoms with Gasteiger partial charge in [-0.25, -0.2) is 4.98 Å². The number of benzene rings is 1. The van der Waals surface area contributed by atoms with E-state index in [1.165, 1.54) is 0 Å². The van der Waals surface area contributed by atoms with Crippen LogP contribution in [0.1, 0.15) is 22.9 Å². The van der Waals surface area contributed by atoms with Gasteiger partial charge < -0.3 is 8.98 Å². The minimum absolute atomic E-state index is 0.576. The van der Waals surface area contributed by atoms with Gasteiger partial charge in [-0.1, -0.05) is 6.07 Å². The Hall–Kier alpha value is -2.54. The number of hydrogen-bond acceptors (Lipinski definition) is 3. The van der Waals surface area contributed by atoms with Crippen LogP contribution in [0, 0.1) is 25.2 Å². The van der Waals surface area contributed by atoms with E-state index in [0.29, 0.717) is 18.0 Å². The van der Waals surface area contributed by atoms with Gasteiger partial charge in [0.15, 0.2) is 0 Å². The third kappa shape index (κ3) is 2.00. The summed E-state index contributed by atoms with van der Waals surface area (Å²) in [7, 11) is 0. The highest BCUT2D eigenvalue weighted by Gasteiger charge is 2.08. The number of rotatable bonds is 2. The van der Waals surface area contributed by atoms with E-state index in [9.17, 15) is 0 Å². The Labute approximate surface area is 110 Å². The maximum absolute atomic E-state index is 8.96. The number of nitriles is 1. The van der Waals surface area contributed by atoms with Crippen LogP contribution in [0.25, 0.3) is 10.9 Å². The number of aromatic nitrogens is 2. The van der Waals surface area contributed by atoms with E-state index in [4.69, 9.17) is 9.68 Å². The van der Waals surface area contributed by atoms with E-state index in [0.717, 1.165) is 22.4 Å². The van der Waals surface area contributed by atoms with Gasteiger partial charge in [0.25, 0.3) is 0 Å². The second kappa shape index (κ2) is 4.29. The van der Waals surface area contributed by atoms with Gasteiger partial charge in [-0.3, -0.25) is 0 Å². The fourth-order valence-corrected chi connectivity index (χ4v) is 2.14. The molecule has 0 saturated carbocycles. The molecule has 0 unspecified atom stereocenters. The molecule has 0 saturated heterocycles. The molecule has 2 heterocycles. The molecular weight excluding hydrogens is 238 g/mol. The average Bonchev–Trinajstić information content (AvgIpc) is 2.94. The summed E-state index contributed by atoms with van der Waals surface area (Å²) >= 11 is 0. The third-order valence-corrected chi connectivity index (χ3v) is 3.28.